The minimum atomic E-state index is -1.41. The number of hydrogen-bond acceptors (Lipinski definition) is 6. The molecule has 1 saturated carbocycles. The topological polar surface area (TPSA) is 78.9 Å². The molecule has 6 nitrogen and oxygen atoms in total. The van der Waals surface area contributed by atoms with Crippen molar-refractivity contribution < 1.29 is 28.6 Å². The van der Waals surface area contributed by atoms with Crippen LogP contribution in [0.5, 0.6) is 5.75 Å². The molecule has 0 saturated heterocycles. The molecule has 0 aliphatic heterocycles. The number of methoxy groups -OCH3 is 1. The maximum absolute atomic E-state index is 13.7. The summed E-state index contributed by atoms with van der Waals surface area (Å²) in [4.78, 5) is 39.9. The largest absolute Gasteiger partial charge is 0.497 e. The molecule has 0 amide bonds. The van der Waals surface area contributed by atoms with Gasteiger partial charge in [-0.2, -0.15) is 0 Å². The molecule has 2 aliphatic rings. The number of ketones is 1. The Morgan fingerprint density at radius 2 is 1.56 bits per heavy atom. The minimum absolute atomic E-state index is 0.00975. The highest BCUT2D eigenvalue weighted by Crippen LogP contribution is 2.59. The zero-order valence-electron chi connectivity index (χ0n) is 18.6. The molecular weight excluding hydrogens is 408 g/mol. The van der Waals surface area contributed by atoms with E-state index < -0.39 is 23.3 Å². The fourth-order valence-corrected chi connectivity index (χ4v) is 5.42. The van der Waals surface area contributed by atoms with Crippen LogP contribution in [0.25, 0.3) is 0 Å². The van der Waals surface area contributed by atoms with E-state index in [0.717, 1.165) is 11.1 Å². The molecule has 0 aromatic heterocycles. The van der Waals surface area contributed by atoms with E-state index in [2.05, 4.69) is 0 Å². The number of ether oxygens (including phenoxy) is 3. The van der Waals surface area contributed by atoms with Gasteiger partial charge in [-0.3, -0.25) is 14.4 Å². The van der Waals surface area contributed by atoms with Crippen LogP contribution in [0.3, 0.4) is 0 Å². The number of hydrogen-bond donors (Lipinski definition) is 0. The van der Waals surface area contributed by atoms with E-state index in [4.69, 9.17) is 14.2 Å². The summed E-state index contributed by atoms with van der Waals surface area (Å²) in [7, 11) is 1.59. The second kappa shape index (κ2) is 8.77. The molecule has 6 heteroatoms. The van der Waals surface area contributed by atoms with Gasteiger partial charge in [0, 0.05) is 5.56 Å². The second-order valence-corrected chi connectivity index (χ2v) is 8.40. The Hall–Kier alpha value is -3.15. The molecule has 0 heterocycles. The first-order valence-electron chi connectivity index (χ1n) is 11.1. The Balaban J connectivity index is 1.83. The zero-order chi connectivity index (χ0) is 22.9. The van der Waals surface area contributed by atoms with Gasteiger partial charge in [-0.05, 0) is 61.8 Å². The fourth-order valence-electron chi connectivity index (χ4n) is 5.42. The van der Waals surface area contributed by atoms with Crippen molar-refractivity contribution in [3.8, 4) is 5.75 Å². The van der Waals surface area contributed by atoms with Crippen LogP contribution >= 0.6 is 0 Å². The summed E-state index contributed by atoms with van der Waals surface area (Å²) in [5.74, 6) is -1.24. The lowest BCUT2D eigenvalue weighted by Crippen LogP contribution is -2.40. The Bertz CT molecular complexity index is 1010. The van der Waals surface area contributed by atoms with E-state index in [-0.39, 0.29) is 43.7 Å². The molecule has 0 radical (unpaired) electrons. The highest BCUT2D eigenvalue weighted by molar-refractivity contribution is 6.05. The maximum atomic E-state index is 13.7. The van der Waals surface area contributed by atoms with Crippen LogP contribution in [0.15, 0.2) is 48.5 Å². The number of carbonyl (C=O) groups is 3. The molecule has 0 unspecified atom stereocenters. The van der Waals surface area contributed by atoms with Crippen LogP contribution in [0.2, 0.25) is 0 Å². The van der Waals surface area contributed by atoms with Crippen molar-refractivity contribution >= 4 is 17.7 Å². The Morgan fingerprint density at radius 1 is 0.938 bits per heavy atom. The normalized spacial score (nSPS) is 23.1. The number of fused-ring (bicyclic) bond motifs is 3. The number of carbonyl (C=O) groups excluding carboxylic acids is 3. The summed E-state index contributed by atoms with van der Waals surface area (Å²) in [6, 6.07) is 14.9. The first-order chi connectivity index (χ1) is 15.5. The van der Waals surface area contributed by atoms with Crippen molar-refractivity contribution in [3.05, 3.63) is 65.2 Å². The first kappa shape index (κ1) is 22.1. The highest BCUT2D eigenvalue weighted by atomic mass is 16.6. The second-order valence-electron chi connectivity index (χ2n) is 8.40. The molecule has 2 aromatic rings. The number of esters is 2. The monoisotopic (exact) mass is 436 g/mol. The molecule has 3 atom stereocenters. The van der Waals surface area contributed by atoms with E-state index in [0.29, 0.717) is 11.3 Å². The van der Waals surface area contributed by atoms with E-state index >= 15 is 0 Å². The van der Waals surface area contributed by atoms with Crippen LogP contribution in [-0.4, -0.2) is 38.0 Å². The molecule has 0 spiro atoms. The van der Waals surface area contributed by atoms with Crippen molar-refractivity contribution in [1.29, 1.82) is 0 Å². The van der Waals surface area contributed by atoms with Crippen LogP contribution in [0, 0.1) is 11.3 Å². The third-order valence-electron chi connectivity index (χ3n) is 6.81. The molecule has 2 aliphatic carbocycles. The van der Waals surface area contributed by atoms with Crippen LogP contribution in [-0.2, 0) is 19.1 Å². The first-order valence-corrected chi connectivity index (χ1v) is 11.1. The lowest BCUT2D eigenvalue weighted by molar-refractivity contribution is -0.172. The molecular formula is C26H28O6. The van der Waals surface area contributed by atoms with Crippen LogP contribution < -0.4 is 4.74 Å². The summed E-state index contributed by atoms with van der Waals surface area (Å²) >= 11 is 0. The van der Waals surface area contributed by atoms with Gasteiger partial charge in [0.1, 0.15) is 5.75 Å². The summed E-state index contributed by atoms with van der Waals surface area (Å²) < 4.78 is 16.0. The van der Waals surface area contributed by atoms with E-state index in [1.54, 1.807) is 21.0 Å². The molecule has 4 rings (SSSR count). The standard InChI is InChI=1S/C26H28O6/c1-4-31-24(28)26(25(29)32-5-2)14-20-18-8-6-7-9-19(18)23(27)22(21(20)15-26)16-10-12-17(30-3)13-11-16/h6-13,20-22H,4-5,14-15H2,1-3H3/t20-,21-,22+/m1/s1. The number of benzene rings is 2. The average molecular weight is 437 g/mol. The Morgan fingerprint density at radius 3 is 2.16 bits per heavy atom. The fraction of sp³-hybridized carbons (Fsp3) is 0.423. The van der Waals surface area contributed by atoms with Gasteiger partial charge in [-0.1, -0.05) is 36.4 Å². The minimum Gasteiger partial charge on any atom is -0.497 e. The molecule has 2 aromatic carbocycles. The predicted molar refractivity (Wildman–Crippen MR) is 118 cm³/mol. The van der Waals surface area contributed by atoms with E-state index in [1.165, 1.54) is 0 Å². The van der Waals surface area contributed by atoms with Crippen molar-refractivity contribution in [2.75, 3.05) is 20.3 Å². The van der Waals surface area contributed by atoms with Crippen molar-refractivity contribution in [3.63, 3.8) is 0 Å². The molecule has 0 bridgehead atoms. The Labute approximate surface area is 187 Å². The smallest absolute Gasteiger partial charge is 0.323 e. The summed E-state index contributed by atoms with van der Waals surface area (Å²) in [6.45, 7) is 3.79. The molecule has 0 N–H and O–H groups in total. The molecule has 1 fully saturated rings. The Kier molecular flexibility index (Phi) is 6.04. The summed E-state index contributed by atoms with van der Waals surface area (Å²) in [6.07, 6.45) is 0.485. The van der Waals surface area contributed by atoms with Gasteiger partial charge in [-0.25, -0.2) is 0 Å². The van der Waals surface area contributed by atoms with Gasteiger partial charge >= 0.3 is 11.9 Å². The summed E-state index contributed by atoms with van der Waals surface area (Å²) in [5, 5.41) is 0. The zero-order valence-corrected chi connectivity index (χ0v) is 18.6. The number of Topliss-reactive ketones (excluding diaryl/α,β-unsaturated/α-hetero) is 1. The highest BCUT2D eigenvalue weighted by Gasteiger charge is 2.61. The van der Waals surface area contributed by atoms with Gasteiger partial charge in [-0.15, -0.1) is 0 Å². The third kappa shape index (κ3) is 3.48. The van der Waals surface area contributed by atoms with Gasteiger partial charge in [0.25, 0.3) is 0 Å². The van der Waals surface area contributed by atoms with Gasteiger partial charge in [0.2, 0.25) is 0 Å². The molecule has 168 valence electrons. The van der Waals surface area contributed by atoms with Gasteiger partial charge in [0.05, 0.1) is 26.2 Å². The summed E-state index contributed by atoms with van der Waals surface area (Å²) in [5.41, 5.74) is 0.980. The quantitative estimate of drug-likeness (QED) is 0.497. The molecule has 32 heavy (non-hydrogen) atoms. The lowest BCUT2D eigenvalue weighted by Gasteiger charge is -2.34. The van der Waals surface area contributed by atoms with Crippen molar-refractivity contribution in [1.82, 2.24) is 0 Å². The van der Waals surface area contributed by atoms with Gasteiger partial charge in [0.15, 0.2) is 11.2 Å². The maximum Gasteiger partial charge on any atom is 0.323 e. The number of rotatable bonds is 6. The van der Waals surface area contributed by atoms with Crippen LogP contribution in [0.4, 0.5) is 0 Å². The van der Waals surface area contributed by atoms with Crippen LogP contribution in [0.1, 0.15) is 60.0 Å². The lowest BCUT2D eigenvalue weighted by atomic mass is 9.67. The van der Waals surface area contributed by atoms with Crippen molar-refractivity contribution in [2.24, 2.45) is 11.3 Å². The van der Waals surface area contributed by atoms with Gasteiger partial charge < -0.3 is 14.2 Å². The predicted octanol–water partition coefficient (Wildman–Crippen LogP) is 4.28. The SMILES string of the molecule is CCOC(=O)C1(C(=O)OCC)C[C@@H]2[C@H](C1)c1ccccc1C(=O)[C@H]2c1ccc(OC)cc1. The van der Waals surface area contributed by atoms with E-state index in [9.17, 15) is 14.4 Å². The van der Waals surface area contributed by atoms with E-state index in [1.807, 2.05) is 48.5 Å². The third-order valence-corrected chi connectivity index (χ3v) is 6.81. The van der Waals surface area contributed by atoms with Crippen molar-refractivity contribution in [2.45, 2.75) is 38.5 Å². The average Bonchev–Trinajstić information content (AvgIpc) is 3.22.